The SMILES string of the molecule is CCOOCC/N=C/c1ccc(/C=N/CC(=O)OCC)cc1. The number of hydrogen-bond donors (Lipinski definition) is 0. The molecule has 0 amide bonds. The number of benzene rings is 1. The molecule has 0 fully saturated rings. The van der Waals surface area contributed by atoms with Crippen molar-refractivity contribution >= 4 is 18.4 Å². The first-order valence-corrected chi connectivity index (χ1v) is 7.26. The van der Waals surface area contributed by atoms with Crippen LogP contribution in [0.15, 0.2) is 34.3 Å². The first kappa shape index (κ1) is 18.0. The summed E-state index contributed by atoms with van der Waals surface area (Å²) in [5.41, 5.74) is 1.90. The zero-order chi connectivity index (χ0) is 16.0. The largest absolute Gasteiger partial charge is 0.465 e. The van der Waals surface area contributed by atoms with E-state index in [2.05, 4.69) is 9.98 Å². The van der Waals surface area contributed by atoms with Gasteiger partial charge in [0.15, 0.2) is 0 Å². The van der Waals surface area contributed by atoms with E-state index in [1.165, 1.54) is 0 Å². The van der Waals surface area contributed by atoms with Gasteiger partial charge >= 0.3 is 5.97 Å². The second-order valence-electron chi connectivity index (χ2n) is 4.21. The smallest absolute Gasteiger partial charge is 0.327 e. The third-order valence-corrected chi connectivity index (χ3v) is 2.45. The Kier molecular flexibility index (Phi) is 9.48. The van der Waals surface area contributed by atoms with Crippen molar-refractivity contribution < 1.29 is 19.3 Å². The van der Waals surface area contributed by atoms with Crippen molar-refractivity contribution in [1.29, 1.82) is 0 Å². The van der Waals surface area contributed by atoms with Gasteiger partial charge in [-0.15, -0.1) is 0 Å². The van der Waals surface area contributed by atoms with Crippen molar-refractivity contribution in [3.8, 4) is 0 Å². The maximum absolute atomic E-state index is 11.1. The van der Waals surface area contributed by atoms with Crippen LogP contribution in [0.2, 0.25) is 0 Å². The van der Waals surface area contributed by atoms with E-state index in [1.807, 2.05) is 31.2 Å². The van der Waals surface area contributed by atoms with E-state index in [-0.39, 0.29) is 12.5 Å². The van der Waals surface area contributed by atoms with Gasteiger partial charge in [-0.05, 0) is 25.0 Å². The Morgan fingerprint density at radius 1 is 1.00 bits per heavy atom. The summed E-state index contributed by atoms with van der Waals surface area (Å²) in [7, 11) is 0. The second kappa shape index (κ2) is 11.6. The van der Waals surface area contributed by atoms with Crippen LogP contribution < -0.4 is 0 Å². The highest BCUT2D eigenvalue weighted by molar-refractivity contribution is 5.85. The first-order valence-electron chi connectivity index (χ1n) is 7.26. The molecule has 6 nitrogen and oxygen atoms in total. The second-order valence-corrected chi connectivity index (χ2v) is 4.21. The number of nitrogens with zero attached hydrogens (tertiary/aromatic N) is 2. The van der Waals surface area contributed by atoms with Crippen LogP contribution >= 0.6 is 0 Å². The fraction of sp³-hybridized carbons (Fsp3) is 0.438. The number of ether oxygens (including phenoxy) is 1. The number of aliphatic imine (C=N–C) groups is 2. The number of hydrogen-bond acceptors (Lipinski definition) is 6. The number of rotatable bonds is 10. The quantitative estimate of drug-likeness (QED) is 0.218. The molecule has 0 heterocycles. The van der Waals surface area contributed by atoms with Gasteiger partial charge in [0, 0.05) is 12.4 Å². The van der Waals surface area contributed by atoms with Gasteiger partial charge in [0.2, 0.25) is 0 Å². The Balaban J connectivity index is 2.34. The lowest BCUT2D eigenvalue weighted by Gasteiger charge is -1.99. The Hall–Kier alpha value is -2.05. The lowest BCUT2D eigenvalue weighted by atomic mass is 10.1. The van der Waals surface area contributed by atoms with Crippen molar-refractivity contribution in [1.82, 2.24) is 0 Å². The monoisotopic (exact) mass is 306 g/mol. The molecule has 0 unspecified atom stereocenters. The molecule has 0 aliphatic rings. The summed E-state index contributed by atoms with van der Waals surface area (Å²) in [5, 5.41) is 0. The topological polar surface area (TPSA) is 69.5 Å². The van der Waals surface area contributed by atoms with Crippen LogP contribution in [0.25, 0.3) is 0 Å². The van der Waals surface area contributed by atoms with Crippen LogP contribution in [0.5, 0.6) is 0 Å². The van der Waals surface area contributed by atoms with Crippen LogP contribution in [0.4, 0.5) is 0 Å². The Morgan fingerprint density at radius 3 is 2.23 bits per heavy atom. The molecule has 0 atom stereocenters. The zero-order valence-electron chi connectivity index (χ0n) is 13.0. The van der Waals surface area contributed by atoms with Crippen molar-refractivity contribution in [2.75, 3.05) is 32.9 Å². The van der Waals surface area contributed by atoms with E-state index in [0.29, 0.717) is 26.4 Å². The Labute approximate surface area is 130 Å². The maximum Gasteiger partial charge on any atom is 0.327 e. The van der Waals surface area contributed by atoms with Crippen molar-refractivity contribution in [2.24, 2.45) is 9.98 Å². The summed E-state index contributed by atoms with van der Waals surface area (Å²) in [6.07, 6.45) is 3.42. The normalized spacial score (nSPS) is 11.4. The summed E-state index contributed by atoms with van der Waals surface area (Å²) in [4.78, 5) is 29.0. The Bertz CT molecular complexity index is 483. The summed E-state index contributed by atoms with van der Waals surface area (Å²) in [6.45, 7) is 5.55. The van der Waals surface area contributed by atoms with Gasteiger partial charge in [0.25, 0.3) is 0 Å². The van der Waals surface area contributed by atoms with Gasteiger partial charge in [-0.2, -0.15) is 0 Å². The van der Waals surface area contributed by atoms with Gasteiger partial charge in [0.1, 0.15) is 13.2 Å². The minimum absolute atomic E-state index is 0.0386. The van der Waals surface area contributed by atoms with Gasteiger partial charge in [0.05, 0.1) is 19.8 Å². The molecule has 0 bridgehead atoms. The van der Waals surface area contributed by atoms with Gasteiger partial charge in [-0.3, -0.25) is 14.8 Å². The molecule has 0 N–H and O–H groups in total. The standard InChI is InChI=1S/C16H22N2O4/c1-3-20-16(19)13-18-12-15-7-5-14(6-8-15)11-17-9-10-22-21-4-2/h5-8,11-12H,3-4,9-10,13H2,1-2H3/b17-11+,18-12+. The van der Waals surface area contributed by atoms with Crippen molar-refractivity contribution in [3.05, 3.63) is 35.4 Å². The van der Waals surface area contributed by atoms with Crippen LogP contribution in [-0.4, -0.2) is 51.3 Å². The van der Waals surface area contributed by atoms with Crippen LogP contribution in [0, 0.1) is 0 Å². The molecule has 6 heteroatoms. The summed E-state index contributed by atoms with van der Waals surface area (Å²) in [5.74, 6) is -0.322. The molecule has 22 heavy (non-hydrogen) atoms. The minimum atomic E-state index is -0.322. The third kappa shape index (κ3) is 8.28. The predicted octanol–water partition coefficient (Wildman–Crippen LogP) is 2.06. The molecule has 0 saturated carbocycles. The highest BCUT2D eigenvalue weighted by atomic mass is 17.2. The summed E-state index contributed by atoms with van der Waals surface area (Å²) in [6, 6.07) is 7.68. The molecule has 0 spiro atoms. The van der Waals surface area contributed by atoms with Crippen LogP contribution in [-0.2, 0) is 19.3 Å². The first-order chi connectivity index (χ1) is 10.8. The number of carbonyl (C=O) groups excluding carboxylic acids is 1. The molecule has 0 aromatic heterocycles. The third-order valence-electron chi connectivity index (χ3n) is 2.45. The zero-order valence-corrected chi connectivity index (χ0v) is 13.0. The molecule has 1 rings (SSSR count). The lowest BCUT2D eigenvalue weighted by molar-refractivity contribution is -0.288. The highest BCUT2D eigenvalue weighted by Crippen LogP contribution is 2.00. The van der Waals surface area contributed by atoms with Crippen LogP contribution in [0.1, 0.15) is 25.0 Å². The van der Waals surface area contributed by atoms with E-state index in [1.54, 1.807) is 19.4 Å². The summed E-state index contributed by atoms with van der Waals surface area (Å²) < 4.78 is 4.79. The maximum atomic E-state index is 11.1. The molecule has 0 saturated heterocycles. The van der Waals surface area contributed by atoms with E-state index in [0.717, 1.165) is 11.1 Å². The van der Waals surface area contributed by atoms with Gasteiger partial charge in [-0.25, -0.2) is 9.78 Å². The molecule has 0 aliphatic carbocycles. The molecule has 1 aromatic rings. The van der Waals surface area contributed by atoms with Gasteiger partial charge < -0.3 is 4.74 Å². The number of esters is 1. The minimum Gasteiger partial charge on any atom is -0.465 e. The molecular weight excluding hydrogens is 284 g/mol. The Morgan fingerprint density at radius 2 is 1.64 bits per heavy atom. The predicted molar refractivity (Wildman–Crippen MR) is 85.6 cm³/mol. The molecule has 1 aromatic carbocycles. The molecule has 0 radical (unpaired) electrons. The van der Waals surface area contributed by atoms with E-state index >= 15 is 0 Å². The lowest BCUT2D eigenvalue weighted by Crippen LogP contribution is -2.07. The van der Waals surface area contributed by atoms with Crippen molar-refractivity contribution in [2.45, 2.75) is 13.8 Å². The fourth-order valence-corrected chi connectivity index (χ4v) is 1.50. The van der Waals surface area contributed by atoms with E-state index < -0.39 is 0 Å². The van der Waals surface area contributed by atoms with Gasteiger partial charge in [-0.1, -0.05) is 24.3 Å². The average molecular weight is 306 g/mol. The molecular formula is C16H22N2O4. The van der Waals surface area contributed by atoms with Crippen molar-refractivity contribution in [3.63, 3.8) is 0 Å². The van der Waals surface area contributed by atoms with E-state index in [4.69, 9.17) is 14.5 Å². The molecule has 0 aliphatic heterocycles. The molecule has 120 valence electrons. The van der Waals surface area contributed by atoms with E-state index in [9.17, 15) is 4.79 Å². The van der Waals surface area contributed by atoms with Crippen LogP contribution in [0.3, 0.4) is 0 Å². The highest BCUT2D eigenvalue weighted by Gasteiger charge is 1.97. The average Bonchev–Trinajstić information content (AvgIpc) is 2.52. The summed E-state index contributed by atoms with van der Waals surface area (Å²) >= 11 is 0. The fourth-order valence-electron chi connectivity index (χ4n) is 1.50. The number of carbonyl (C=O) groups is 1.